The zero-order valence-electron chi connectivity index (χ0n) is 26.7. The van der Waals surface area contributed by atoms with Gasteiger partial charge in [0.2, 0.25) is 0 Å². The number of hydrogen-bond donors (Lipinski definition) is 1. The third kappa shape index (κ3) is 7.69. The smallest absolute Gasteiger partial charge is 0.328 e. The molecule has 9 nitrogen and oxygen atoms in total. The Labute approximate surface area is 282 Å². The summed E-state index contributed by atoms with van der Waals surface area (Å²) in [6.45, 7) is 7.08. The van der Waals surface area contributed by atoms with Crippen LogP contribution in [0.2, 0.25) is 5.02 Å². The van der Waals surface area contributed by atoms with Crippen molar-refractivity contribution in [2.45, 2.75) is 59.0 Å². The maximum atomic E-state index is 15.5. The molecule has 12 heteroatoms. The van der Waals surface area contributed by atoms with Crippen LogP contribution >= 0.6 is 11.6 Å². The van der Waals surface area contributed by atoms with Gasteiger partial charge in [0.25, 0.3) is 0 Å². The molecule has 0 atom stereocenters. The second-order valence-corrected chi connectivity index (χ2v) is 12.3. The van der Waals surface area contributed by atoms with E-state index in [1.165, 1.54) is 18.2 Å². The summed E-state index contributed by atoms with van der Waals surface area (Å²) in [6.07, 6.45) is 6.23. The molecule has 0 bridgehead atoms. The predicted octanol–water partition coefficient (Wildman–Crippen LogP) is 7.34. The van der Waals surface area contributed by atoms with Crippen LogP contribution in [-0.2, 0) is 31.0 Å². The van der Waals surface area contributed by atoms with Crippen molar-refractivity contribution in [2.75, 3.05) is 13.1 Å². The Bertz CT molecular complexity index is 1970. The first kappa shape index (κ1) is 33.2. The van der Waals surface area contributed by atoms with Crippen molar-refractivity contribution in [3.63, 3.8) is 0 Å². The highest BCUT2D eigenvalue weighted by Gasteiger charge is 2.24. The van der Waals surface area contributed by atoms with E-state index in [4.69, 9.17) is 26.1 Å². The van der Waals surface area contributed by atoms with Gasteiger partial charge in [0.15, 0.2) is 17.4 Å². The van der Waals surface area contributed by atoms with Crippen molar-refractivity contribution in [1.29, 1.82) is 0 Å². The molecular weight excluding hydrogens is 640 g/mol. The number of likely N-dealkylation sites (tertiary alicyclic amines) is 1. The molecule has 1 saturated heterocycles. The fourth-order valence-electron chi connectivity index (χ4n) is 5.99. The van der Waals surface area contributed by atoms with Gasteiger partial charge < -0.3 is 23.7 Å². The molecule has 1 aliphatic heterocycles. The van der Waals surface area contributed by atoms with Crippen LogP contribution in [0.5, 0.6) is 11.5 Å². The zero-order chi connectivity index (χ0) is 33.8. The summed E-state index contributed by atoms with van der Waals surface area (Å²) in [5.74, 6) is -0.525. The lowest BCUT2D eigenvalue weighted by molar-refractivity contribution is -0.131. The predicted molar refractivity (Wildman–Crippen MR) is 179 cm³/mol. The van der Waals surface area contributed by atoms with Gasteiger partial charge in [0, 0.05) is 36.9 Å². The highest BCUT2D eigenvalue weighted by Crippen LogP contribution is 2.28. The molecule has 0 saturated carbocycles. The van der Waals surface area contributed by atoms with E-state index in [0.29, 0.717) is 40.6 Å². The number of carboxylic acids is 1. The quantitative estimate of drug-likeness (QED) is 0.138. The van der Waals surface area contributed by atoms with Crippen LogP contribution in [0.4, 0.5) is 8.78 Å². The second kappa shape index (κ2) is 14.6. The van der Waals surface area contributed by atoms with Gasteiger partial charge >= 0.3 is 5.97 Å². The number of carbonyl (C=O) groups is 1. The number of aliphatic carboxylic acids is 1. The highest BCUT2D eigenvalue weighted by atomic mass is 35.5. The number of hydrogen-bond acceptors (Lipinski definition) is 6. The Morgan fingerprint density at radius 3 is 2.65 bits per heavy atom. The van der Waals surface area contributed by atoms with Crippen LogP contribution < -0.4 is 9.47 Å². The summed E-state index contributed by atoms with van der Waals surface area (Å²) in [7, 11) is 0. The molecule has 1 fully saturated rings. The van der Waals surface area contributed by atoms with E-state index in [9.17, 15) is 14.3 Å². The van der Waals surface area contributed by atoms with E-state index in [1.807, 2.05) is 46.4 Å². The van der Waals surface area contributed by atoms with Crippen LogP contribution in [0, 0.1) is 11.6 Å². The molecule has 0 amide bonds. The third-order valence-corrected chi connectivity index (χ3v) is 8.77. The van der Waals surface area contributed by atoms with Gasteiger partial charge in [-0.2, -0.15) is 0 Å². The third-order valence-electron chi connectivity index (χ3n) is 8.53. The van der Waals surface area contributed by atoms with Gasteiger partial charge in [0.1, 0.15) is 29.8 Å². The molecule has 0 radical (unpaired) electrons. The monoisotopic (exact) mass is 675 g/mol. The summed E-state index contributed by atoms with van der Waals surface area (Å²) in [5, 5.41) is 9.57. The lowest BCUT2D eigenvalue weighted by Gasteiger charge is -2.32. The largest absolute Gasteiger partial charge is 0.490 e. The molecule has 5 aromatic rings. The van der Waals surface area contributed by atoms with Crippen LogP contribution in [-0.4, -0.2) is 54.3 Å². The second-order valence-electron chi connectivity index (χ2n) is 11.9. The van der Waals surface area contributed by atoms with Crippen LogP contribution in [0.15, 0.2) is 73.2 Å². The highest BCUT2D eigenvalue weighted by molar-refractivity contribution is 6.30. The molecule has 1 N–H and O–H groups in total. The molecule has 0 aliphatic carbocycles. The van der Waals surface area contributed by atoms with Crippen LogP contribution in [0.1, 0.15) is 49.3 Å². The Morgan fingerprint density at radius 2 is 1.90 bits per heavy atom. The summed E-state index contributed by atoms with van der Waals surface area (Å²) >= 11 is 5.84. The maximum Gasteiger partial charge on any atom is 0.328 e. The minimum atomic E-state index is -1.09. The minimum Gasteiger partial charge on any atom is -0.490 e. The number of ether oxygens (including phenoxy) is 2. The number of benzene rings is 3. The van der Waals surface area contributed by atoms with E-state index < -0.39 is 17.6 Å². The number of piperidine rings is 1. The van der Waals surface area contributed by atoms with E-state index in [1.54, 1.807) is 25.5 Å². The summed E-state index contributed by atoms with van der Waals surface area (Å²) in [4.78, 5) is 22.7. The van der Waals surface area contributed by atoms with Gasteiger partial charge in [-0.25, -0.2) is 23.5 Å². The number of rotatable bonds is 12. The standard InChI is InChI=1S/C36H36ClF2N5O4/c1-3-43-22-40-18-27(43)19-44-32-16-25(23(2)13-35(45)46)15-31(39)36(32)41-34(44)20-42-11-9-28(10-12-42)48-29-6-4-5-24(14-29)21-47-33-8-7-26(37)17-30(33)38/h4-8,13-18,22,28H,3,9-12,19-21H2,1-2H3,(H,45,46)/b23-13+. The molecule has 0 spiro atoms. The molecular formula is C36H36ClF2N5O4. The molecule has 48 heavy (non-hydrogen) atoms. The SMILES string of the molecule is CCn1cncc1Cn1c(CN2CCC(Oc3cccc(COc4ccc(Cl)cc4F)c3)CC2)nc2c(F)cc(/C(C)=C/C(=O)O)cc21. The van der Waals surface area contributed by atoms with Crippen molar-refractivity contribution >= 4 is 34.2 Å². The minimum absolute atomic E-state index is 0.00727. The van der Waals surface area contributed by atoms with Crippen molar-refractivity contribution in [2.24, 2.45) is 0 Å². The summed E-state index contributed by atoms with van der Waals surface area (Å²) in [6, 6.07) is 15.1. The molecule has 1 aliphatic rings. The van der Waals surface area contributed by atoms with Gasteiger partial charge in [-0.05, 0) is 85.9 Å². The van der Waals surface area contributed by atoms with Crippen LogP contribution in [0.3, 0.4) is 0 Å². The summed E-state index contributed by atoms with van der Waals surface area (Å²) in [5.41, 5.74) is 3.60. The first-order valence-electron chi connectivity index (χ1n) is 15.8. The average molecular weight is 676 g/mol. The van der Waals surface area contributed by atoms with E-state index in [0.717, 1.165) is 55.6 Å². The topological polar surface area (TPSA) is 94.6 Å². The van der Waals surface area contributed by atoms with Crippen molar-refractivity contribution in [3.8, 4) is 11.5 Å². The number of carboxylic acid groups (broad SMARTS) is 1. The Balaban J connectivity index is 1.15. The molecule has 2 aromatic heterocycles. The number of halogens is 3. The Hall–Kier alpha value is -4.74. The van der Waals surface area contributed by atoms with E-state index in [-0.39, 0.29) is 24.0 Å². The Kier molecular flexibility index (Phi) is 10.1. The van der Waals surface area contributed by atoms with Crippen molar-refractivity contribution in [1.82, 2.24) is 24.0 Å². The Morgan fingerprint density at radius 1 is 1.08 bits per heavy atom. The van der Waals surface area contributed by atoms with Crippen molar-refractivity contribution in [3.05, 3.63) is 112 Å². The molecule has 3 heterocycles. The van der Waals surface area contributed by atoms with Crippen molar-refractivity contribution < 1.29 is 28.2 Å². The van der Waals surface area contributed by atoms with Gasteiger partial charge in [-0.15, -0.1) is 0 Å². The number of allylic oxidation sites excluding steroid dienone is 1. The first-order chi connectivity index (χ1) is 23.2. The zero-order valence-corrected chi connectivity index (χ0v) is 27.5. The average Bonchev–Trinajstić information content (AvgIpc) is 3.66. The molecule has 6 rings (SSSR count). The number of fused-ring (bicyclic) bond motifs is 1. The number of imidazole rings is 2. The number of nitrogens with zero attached hydrogens (tertiary/aromatic N) is 5. The summed E-state index contributed by atoms with van der Waals surface area (Å²) < 4.78 is 45.6. The van der Waals surface area contributed by atoms with Gasteiger partial charge in [-0.1, -0.05) is 23.7 Å². The van der Waals surface area contributed by atoms with Gasteiger partial charge in [0.05, 0.1) is 30.6 Å². The normalized spacial score (nSPS) is 14.5. The number of aromatic nitrogens is 4. The maximum absolute atomic E-state index is 15.5. The van der Waals surface area contributed by atoms with E-state index >= 15 is 4.39 Å². The fraction of sp³-hybridized carbons (Fsp3) is 0.306. The molecule has 0 unspecified atom stereocenters. The number of aryl methyl sites for hydroxylation is 1. The fourth-order valence-corrected chi connectivity index (χ4v) is 6.15. The molecule has 250 valence electrons. The lowest BCUT2D eigenvalue weighted by atomic mass is 10.1. The first-order valence-corrected chi connectivity index (χ1v) is 16.2. The lowest BCUT2D eigenvalue weighted by Crippen LogP contribution is -2.38. The van der Waals surface area contributed by atoms with E-state index in [2.05, 4.69) is 9.88 Å². The van der Waals surface area contributed by atoms with Gasteiger partial charge in [-0.3, -0.25) is 4.90 Å². The van der Waals surface area contributed by atoms with Crippen LogP contribution in [0.25, 0.3) is 16.6 Å². The molecule has 3 aromatic carbocycles.